The average Bonchev–Trinajstić information content (AvgIpc) is 2.91. The SMILES string of the molecule is CCC(CC)N(CCO)C(=O)CC1CNc2ccccc21. The molecular formula is C17H26N2O2. The average molecular weight is 290 g/mol. The van der Waals surface area contributed by atoms with Crippen molar-refractivity contribution >= 4 is 11.6 Å². The third-order valence-corrected chi connectivity index (χ3v) is 4.41. The van der Waals surface area contributed by atoms with Crippen LogP contribution in [0.2, 0.25) is 0 Å². The first kappa shape index (κ1) is 15.8. The van der Waals surface area contributed by atoms with E-state index in [1.54, 1.807) is 0 Å². The van der Waals surface area contributed by atoms with Gasteiger partial charge >= 0.3 is 0 Å². The highest BCUT2D eigenvalue weighted by molar-refractivity contribution is 5.78. The van der Waals surface area contributed by atoms with Crippen LogP contribution in [0.15, 0.2) is 24.3 Å². The van der Waals surface area contributed by atoms with Gasteiger partial charge in [0.2, 0.25) is 5.91 Å². The van der Waals surface area contributed by atoms with Crippen molar-refractivity contribution in [1.29, 1.82) is 0 Å². The van der Waals surface area contributed by atoms with E-state index in [-0.39, 0.29) is 24.5 Å². The Morgan fingerprint density at radius 2 is 2.10 bits per heavy atom. The molecule has 1 aliphatic heterocycles. The minimum absolute atomic E-state index is 0.0295. The van der Waals surface area contributed by atoms with Gasteiger partial charge in [-0.2, -0.15) is 0 Å². The maximum absolute atomic E-state index is 12.6. The van der Waals surface area contributed by atoms with Crippen LogP contribution in [-0.2, 0) is 4.79 Å². The van der Waals surface area contributed by atoms with Crippen LogP contribution in [0, 0.1) is 0 Å². The fourth-order valence-corrected chi connectivity index (χ4v) is 3.22. The normalized spacial score (nSPS) is 16.7. The van der Waals surface area contributed by atoms with Gasteiger partial charge in [0.05, 0.1) is 6.61 Å². The molecule has 4 heteroatoms. The highest BCUT2D eigenvalue weighted by Gasteiger charge is 2.28. The molecule has 1 aromatic rings. The summed E-state index contributed by atoms with van der Waals surface area (Å²) in [5.41, 5.74) is 2.38. The minimum Gasteiger partial charge on any atom is -0.395 e. The summed E-state index contributed by atoms with van der Waals surface area (Å²) in [7, 11) is 0. The van der Waals surface area contributed by atoms with E-state index in [0.717, 1.165) is 25.1 Å². The van der Waals surface area contributed by atoms with Gasteiger partial charge in [0.1, 0.15) is 0 Å². The van der Waals surface area contributed by atoms with E-state index in [9.17, 15) is 9.90 Å². The Morgan fingerprint density at radius 3 is 2.76 bits per heavy atom. The predicted molar refractivity (Wildman–Crippen MR) is 85.5 cm³/mol. The van der Waals surface area contributed by atoms with Crippen LogP contribution in [0.1, 0.15) is 44.6 Å². The van der Waals surface area contributed by atoms with Crippen molar-refractivity contribution < 1.29 is 9.90 Å². The van der Waals surface area contributed by atoms with Crippen molar-refractivity contribution in [3.63, 3.8) is 0 Å². The van der Waals surface area contributed by atoms with Gasteiger partial charge in [0.25, 0.3) is 0 Å². The first-order valence-electron chi connectivity index (χ1n) is 7.94. The maximum atomic E-state index is 12.6. The van der Waals surface area contributed by atoms with Crippen molar-refractivity contribution in [1.82, 2.24) is 4.90 Å². The molecule has 116 valence electrons. The van der Waals surface area contributed by atoms with Gasteiger partial charge in [-0.1, -0.05) is 32.0 Å². The van der Waals surface area contributed by atoms with Crippen LogP contribution in [-0.4, -0.2) is 41.7 Å². The molecule has 4 nitrogen and oxygen atoms in total. The molecule has 0 saturated heterocycles. The Balaban J connectivity index is 2.06. The Morgan fingerprint density at radius 1 is 1.38 bits per heavy atom. The molecule has 2 rings (SSSR count). The molecule has 1 atom stereocenters. The molecule has 21 heavy (non-hydrogen) atoms. The van der Waals surface area contributed by atoms with Gasteiger partial charge in [0, 0.05) is 37.2 Å². The predicted octanol–water partition coefficient (Wildman–Crippen LogP) is 2.60. The number of amides is 1. The number of rotatable bonds is 7. The van der Waals surface area contributed by atoms with Crippen molar-refractivity contribution in [3.05, 3.63) is 29.8 Å². The summed E-state index contributed by atoms with van der Waals surface area (Å²) in [5.74, 6) is 0.394. The van der Waals surface area contributed by atoms with E-state index in [4.69, 9.17) is 0 Å². The molecule has 0 saturated carbocycles. The summed E-state index contributed by atoms with van der Waals surface area (Å²) < 4.78 is 0. The highest BCUT2D eigenvalue weighted by atomic mass is 16.3. The lowest BCUT2D eigenvalue weighted by Crippen LogP contribution is -2.42. The Kier molecular flexibility index (Phi) is 5.62. The third-order valence-electron chi connectivity index (χ3n) is 4.41. The number of nitrogens with zero attached hydrogens (tertiary/aromatic N) is 1. The van der Waals surface area contributed by atoms with E-state index >= 15 is 0 Å². The fourth-order valence-electron chi connectivity index (χ4n) is 3.22. The number of para-hydroxylation sites is 1. The number of hydrogen-bond donors (Lipinski definition) is 2. The van der Waals surface area contributed by atoms with Crippen LogP contribution in [0.4, 0.5) is 5.69 Å². The van der Waals surface area contributed by atoms with E-state index in [1.165, 1.54) is 5.56 Å². The van der Waals surface area contributed by atoms with Gasteiger partial charge in [-0.15, -0.1) is 0 Å². The van der Waals surface area contributed by atoms with Crippen molar-refractivity contribution in [2.75, 3.05) is 25.0 Å². The summed E-state index contributed by atoms with van der Waals surface area (Å²) in [6, 6.07) is 8.43. The third kappa shape index (κ3) is 3.56. The van der Waals surface area contributed by atoms with Gasteiger partial charge in [-0.05, 0) is 24.5 Å². The first-order chi connectivity index (χ1) is 10.2. The van der Waals surface area contributed by atoms with Gasteiger partial charge < -0.3 is 15.3 Å². The molecule has 2 N–H and O–H groups in total. The number of aliphatic hydroxyl groups excluding tert-OH is 1. The van der Waals surface area contributed by atoms with E-state index in [1.807, 2.05) is 17.0 Å². The number of aliphatic hydroxyl groups is 1. The highest BCUT2D eigenvalue weighted by Crippen LogP contribution is 2.33. The smallest absolute Gasteiger partial charge is 0.223 e. The summed E-state index contributed by atoms with van der Waals surface area (Å²) in [4.78, 5) is 14.5. The van der Waals surface area contributed by atoms with E-state index < -0.39 is 0 Å². The summed E-state index contributed by atoms with van der Waals surface area (Å²) in [6.07, 6.45) is 2.38. The maximum Gasteiger partial charge on any atom is 0.223 e. The number of benzene rings is 1. The van der Waals surface area contributed by atoms with Gasteiger partial charge in [-0.3, -0.25) is 4.79 Å². The standard InChI is InChI=1S/C17H26N2O2/c1-3-14(4-2)19(9-10-20)17(21)11-13-12-18-16-8-6-5-7-15(13)16/h5-8,13-14,18,20H,3-4,9-12H2,1-2H3. The number of hydrogen-bond acceptors (Lipinski definition) is 3. The molecule has 1 heterocycles. The number of anilines is 1. The number of carbonyl (C=O) groups excluding carboxylic acids is 1. The zero-order chi connectivity index (χ0) is 15.2. The second-order valence-electron chi connectivity index (χ2n) is 5.65. The van der Waals surface area contributed by atoms with Crippen LogP contribution in [0.3, 0.4) is 0 Å². The molecule has 0 fully saturated rings. The van der Waals surface area contributed by atoms with Gasteiger partial charge in [-0.25, -0.2) is 0 Å². The van der Waals surface area contributed by atoms with Crippen LogP contribution in [0.5, 0.6) is 0 Å². The molecular weight excluding hydrogens is 264 g/mol. The first-order valence-corrected chi connectivity index (χ1v) is 7.94. The Hall–Kier alpha value is -1.55. The van der Waals surface area contributed by atoms with Crippen molar-refractivity contribution in [3.8, 4) is 0 Å². The van der Waals surface area contributed by atoms with Crippen LogP contribution < -0.4 is 5.32 Å². The monoisotopic (exact) mass is 290 g/mol. The molecule has 0 aliphatic carbocycles. The Bertz CT molecular complexity index is 472. The largest absolute Gasteiger partial charge is 0.395 e. The molecule has 1 aromatic carbocycles. The lowest BCUT2D eigenvalue weighted by atomic mass is 9.96. The molecule has 1 amide bonds. The fraction of sp³-hybridized carbons (Fsp3) is 0.588. The number of nitrogens with one attached hydrogen (secondary N) is 1. The van der Waals surface area contributed by atoms with Crippen LogP contribution >= 0.6 is 0 Å². The molecule has 0 aromatic heterocycles. The topological polar surface area (TPSA) is 52.6 Å². The number of carbonyl (C=O) groups is 1. The number of fused-ring (bicyclic) bond motifs is 1. The van der Waals surface area contributed by atoms with E-state index in [0.29, 0.717) is 13.0 Å². The quantitative estimate of drug-likeness (QED) is 0.811. The van der Waals surface area contributed by atoms with Crippen molar-refractivity contribution in [2.45, 2.75) is 45.1 Å². The van der Waals surface area contributed by atoms with Gasteiger partial charge in [0.15, 0.2) is 0 Å². The summed E-state index contributed by atoms with van der Waals surface area (Å²) in [6.45, 7) is 5.48. The minimum atomic E-state index is 0.0295. The summed E-state index contributed by atoms with van der Waals surface area (Å²) in [5, 5.41) is 12.6. The zero-order valence-electron chi connectivity index (χ0n) is 13.0. The van der Waals surface area contributed by atoms with E-state index in [2.05, 4.69) is 31.3 Å². The lowest BCUT2D eigenvalue weighted by Gasteiger charge is -2.31. The molecule has 1 unspecified atom stereocenters. The van der Waals surface area contributed by atoms with Crippen LogP contribution in [0.25, 0.3) is 0 Å². The van der Waals surface area contributed by atoms with Crippen molar-refractivity contribution in [2.24, 2.45) is 0 Å². The zero-order valence-corrected chi connectivity index (χ0v) is 13.0. The molecule has 0 spiro atoms. The molecule has 1 aliphatic rings. The second-order valence-corrected chi connectivity index (χ2v) is 5.65. The molecule has 0 radical (unpaired) electrons. The Labute approximate surface area is 127 Å². The summed E-state index contributed by atoms with van der Waals surface area (Å²) >= 11 is 0. The molecule has 0 bridgehead atoms. The lowest BCUT2D eigenvalue weighted by molar-refractivity contribution is -0.134. The second kappa shape index (κ2) is 7.46.